The third-order valence-corrected chi connectivity index (χ3v) is 5.01. The lowest BCUT2D eigenvalue weighted by molar-refractivity contribution is -0.385. The van der Waals surface area contributed by atoms with Crippen LogP contribution in [0.4, 0.5) is 11.5 Å². The molecule has 34 heavy (non-hydrogen) atoms. The first-order chi connectivity index (χ1) is 16.4. The Kier molecular flexibility index (Phi) is 6.90. The molecular weight excluding hydrogens is 485 g/mol. The fraction of sp³-hybridized carbons (Fsp3) is 0.0455. The maximum absolute atomic E-state index is 12.1. The summed E-state index contributed by atoms with van der Waals surface area (Å²) in [5.41, 5.74) is 4.12. The fourth-order valence-electron chi connectivity index (χ4n) is 2.94. The SMILES string of the molecule is O=C(COc1ccc(Cl)cc1Cl)NNc1ncnc(Oc2ccc3ccccc3c2)c1[N+](=O)[O-]. The molecule has 0 aliphatic carbocycles. The standard InChI is InChI=1S/C22H15Cl2N5O5/c23-15-6-8-18(17(24)10-15)33-11-19(30)27-28-21-20(29(31)32)22(26-12-25-21)34-16-7-5-13-3-1-2-4-14(13)9-16/h1-10,12H,11H2,(H,27,30)(H,25,26,28). The number of carbonyl (C=O) groups excluding carboxylic acids is 1. The summed E-state index contributed by atoms with van der Waals surface area (Å²) in [6, 6.07) is 17.3. The molecule has 3 aromatic carbocycles. The summed E-state index contributed by atoms with van der Waals surface area (Å²) in [6.07, 6.45) is 1.07. The highest BCUT2D eigenvalue weighted by Gasteiger charge is 2.25. The number of fused-ring (bicyclic) bond motifs is 1. The minimum absolute atomic E-state index is 0.232. The van der Waals surface area contributed by atoms with Gasteiger partial charge in [0.1, 0.15) is 17.8 Å². The van der Waals surface area contributed by atoms with E-state index in [2.05, 4.69) is 20.8 Å². The number of hydrogen-bond acceptors (Lipinski definition) is 8. The second-order valence-electron chi connectivity index (χ2n) is 6.78. The molecule has 0 saturated carbocycles. The first kappa shape index (κ1) is 23.0. The molecule has 4 rings (SSSR count). The van der Waals surface area contributed by atoms with E-state index < -0.39 is 23.1 Å². The van der Waals surface area contributed by atoms with Crippen LogP contribution in [0.5, 0.6) is 17.4 Å². The molecule has 1 amide bonds. The summed E-state index contributed by atoms with van der Waals surface area (Å²) >= 11 is 11.8. The number of benzene rings is 3. The molecular formula is C22H15Cl2N5O5. The van der Waals surface area contributed by atoms with Crippen LogP contribution in [0.1, 0.15) is 0 Å². The first-order valence-electron chi connectivity index (χ1n) is 9.69. The number of nitro groups is 1. The number of hydrazine groups is 1. The van der Waals surface area contributed by atoms with E-state index in [-0.39, 0.29) is 22.5 Å². The molecule has 12 heteroatoms. The van der Waals surface area contributed by atoms with Gasteiger partial charge in [0.2, 0.25) is 5.82 Å². The van der Waals surface area contributed by atoms with Gasteiger partial charge in [-0.3, -0.25) is 25.8 Å². The number of nitrogens with one attached hydrogen (secondary N) is 2. The summed E-state index contributed by atoms with van der Waals surface area (Å²) < 4.78 is 11.0. The van der Waals surface area contributed by atoms with E-state index >= 15 is 0 Å². The maximum Gasteiger partial charge on any atom is 0.374 e. The average Bonchev–Trinajstić information content (AvgIpc) is 2.82. The smallest absolute Gasteiger partial charge is 0.374 e. The first-order valence-corrected chi connectivity index (χ1v) is 10.4. The molecule has 2 N–H and O–H groups in total. The number of halogens is 2. The summed E-state index contributed by atoms with van der Waals surface area (Å²) in [4.78, 5) is 30.8. The van der Waals surface area contributed by atoms with Crippen molar-refractivity contribution in [3.05, 3.63) is 87.2 Å². The normalized spacial score (nSPS) is 10.5. The number of amides is 1. The molecule has 0 aliphatic rings. The monoisotopic (exact) mass is 499 g/mol. The van der Waals surface area contributed by atoms with Gasteiger partial charge in [0.05, 0.1) is 9.95 Å². The Morgan fingerprint density at radius 2 is 1.82 bits per heavy atom. The summed E-state index contributed by atoms with van der Waals surface area (Å²) in [6.45, 7) is -0.423. The van der Waals surface area contributed by atoms with Crippen LogP contribution in [0.25, 0.3) is 10.8 Å². The van der Waals surface area contributed by atoms with E-state index in [0.717, 1.165) is 17.1 Å². The number of hydrogen-bond donors (Lipinski definition) is 2. The average molecular weight is 500 g/mol. The van der Waals surface area contributed by atoms with Crippen LogP contribution >= 0.6 is 23.2 Å². The van der Waals surface area contributed by atoms with Gasteiger partial charge in [0.25, 0.3) is 5.91 Å². The lowest BCUT2D eigenvalue weighted by Crippen LogP contribution is -2.34. The van der Waals surface area contributed by atoms with Crippen LogP contribution in [-0.2, 0) is 4.79 Å². The number of aromatic nitrogens is 2. The van der Waals surface area contributed by atoms with Crippen molar-refractivity contribution in [2.45, 2.75) is 0 Å². The molecule has 0 atom stereocenters. The van der Waals surface area contributed by atoms with Crippen LogP contribution in [-0.4, -0.2) is 27.4 Å². The number of ether oxygens (including phenoxy) is 2. The third kappa shape index (κ3) is 5.42. The molecule has 0 bridgehead atoms. The van der Waals surface area contributed by atoms with Gasteiger partial charge >= 0.3 is 11.6 Å². The largest absolute Gasteiger partial charge is 0.482 e. The van der Waals surface area contributed by atoms with Crippen molar-refractivity contribution >= 4 is 51.4 Å². The van der Waals surface area contributed by atoms with Gasteiger partial charge in [-0.1, -0.05) is 53.5 Å². The Morgan fingerprint density at radius 3 is 2.59 bits per heavy atom. The maximum atomic E-state index is 12.1. The lowest BCUT2D eigenvalue weighted by Gasteiger charge is -2.11. The van der Waals surface area contributed by atoms with Crippen LogP contribution in [0.2, 0.25) is 10.0 Å². The minimum Gasteiger partial charge on any atom is -0.482 e. The number of nitrogens with zero attached hydrogens (tertiary/aromatic N) is 3. The molecule has 0 aliphatic heterocycles. The quantitative estimate of drug-likeness (QED) is 0.251. The molecule has 0 radical (unpaired) electrons. The van der Waals surface area contributed by atoms with E-state index in [1.807, 2.05) is 30.3 Å². The molecule has 1 aromatic heterocycles. The molecule has 4 aromatic rings. The summed E-state index contributed by atoms with van der Waals surface area (Å²) in [5, 5.41) is 14.2. The second kappa shape index (κ2) is 10.2. The number of anilines is 1. The van der Waals surface area contributed by atoms with E-state index in [4.69, 9.17) is 32.7 Å². The van der Waals surface area contributed by atoms with Gasteiger partial charge in [-0.2, -0.15) is 4.98 Å². The van der Waals surface area contributed by atoms with E-state index in [0.29, 0.717) is 10.8 Å². The fourth-order valence-corrected chi connectivity index (χ4v) is 3.40. The molecule has 0 fully saturated rings. The zero-order valence-corrected chi connectivity index (χ0v) is 18.7. The minimum atomic E-state index is -0.713. The van der Waals surface area contributed by atoms with Gasteiger partial charge in [0, 0.05) is 5.02 Å². The predicted octanol–water partition coefficient (Wildman–Crippen LogP) is 5.16. The van der Waals surface area contributed by atoms with Crippen molar-refractivity contribution in [3.8, 4) is 17.4 Å². The highest BCUT2D eigenvalue weighted by Crippen LogP contribution is 2.34. The Labute approximate surface area is 202 Å². The third-order valence-electron chi connectivity index (χ3n) is 4.48. The highest BCUT2D eigenvalue weighted by molar-refractivity contribution is 6.35. The van der Waals surface area contributed by atoms with Gasteiger partial charge in [0.15, 0.2) is 6.61 Å². The Hall–Kier alpha value is -4.15. The lowest BCUT2D eigenvalue weighted by atomic mass is 10.1. The van der Waals surface area contributed by atoms with Gasteiger partial charge in [-0.25, -0.2) is 4.98 Å². The van der Waals surface area contributed by atoms with Gasteiger partial charge in [-0.15, -0.1) is 0 Å². The van der Waals surface area contributed by atoms with Crippen molar-refractivity contribution in [2.24, 2.45) is 0 Å². The molecule has 0 unspecified atom stereocenters. The number of carbonyl (C=O) groups is 1. The molecule has 0 saturated heterocycles. The van der Waals surface area contributed by atoms with Crippen molar-refractivity contribution in [2.75, 3.05) is 12.0 Å². The molecule has 0 spiro atoms. The second-order valence-corrected chi connectivity index (χ2v) is 7.62. The van der Waals surface area contributed by atoms with Crippen molar-refractivity contribution in [1.82, 2.24) is 15.4 Å². The Balaban J connectivity index is 1.46. The van der Waals surface area contributed by atoms with Gasteiger partial charge < -0.3 is 9.47 Å². The van der Waals surface area contributed by atoms with Crippen molar-refractivity contribution < 1.29 is 19.2 Å². The van der Waals surface area contributed by atoms with Crippen LogP contribution in [0.15, 0.2) is 67.0 Å². The van der Waals surface area contributed by atoms with E-state index in [9.17, 15) is 14.9 Å². The molecule has 172 valence electrons. The van der Waals surface area contributed by atoms with E-state index in [1.54, 1.807) is 18.2 Å². The summed E-state index contributed by atoms with van der Waals surface area (Å²) in [5.74, 6) is -0.607. The Morgan fingerprint density at radius 1 is 1.03 bits per heavy atom. The Bertz CT molecular complexity index is 1390. The van der Waals surface area contributed by atoms with Gasteiger partial charge in [-0.05, 0) is 41.1 Å². The molecule has 10 nitrogen and oxygen atoms in total. The van der Waals surface area contributed by atoms with Crippen LogP contribution < -0.4 is 20.3 Å². The van der Waals surface area contributed by atoms with Crippen LogP contribution in [0, 0.1) is 10.1 Å². The number of rotatable bonds is 8. The zero-order valence-electron chi connectivity index (χ0n) is 17.2. The zero-order chi connectivity index (χ0) is 24.1. The van der Waals surface area contributed by atoms with E-state index in [1.165, 1.54) is 12.1 Å². The highest BCUT2D eigenvalue weighted by atomic mass is 35.5. The topological polar surface area (TPSA) is 129 Å². The molecule has 1 heterocycles. The van der Waals surface area contributed by atoms with Crippen molar-refractivity contribution in [1.29, 1.82) is 0 Å². The van der Waals surface area contributed by atoms with Crippen molar-refractivity contribution in [3.63, 3.8) is 0 Å². The van der Waals surface area contributed by atoms with Crippen LogP contribution in [0.3, 0.4) is 0 Å². The predicted molar refractivity (Wildman–Crippen MR) is 126 cm³/mol. The summed E-state index contributed by atoms with van der Waals surface area (Å²) in [7, 11) is 0.